The number of hydrogen-bond donors (Lipinski definition) is 1. The number of imidazole rings is 1. The van der Waals surface area contributed by atoms with E-state index in [1.165, 1.54) is 11.3 Å². The first kappa shape index (κ1) is 24.5. The standard InChI is InChI=1S/C28H30F2N4O2S/c29-20-8-12-33(13-9-20)11-2-10-31-27(35)19-5-7-24-26(16-19)37-28-32-23(17-34(24)28)21-6-4-18(15-22(21)30)25-3-1-14-36-25/h4-7,15-17,20,25H,1-3,8-14H2,(H,31,35). The maximum atomic E-state index is 15.0. The van der Waals surface area contributed by atoms with Gasteiger partial charge in [0.15, 0.2) is 4.96 Å². The lowest BCUT2D eigenvalue weighted by Crippen LogP contribution is -2.36. The molecule has 0 aliphatic carbocycles. The number of aromatic nitrogens is 2. The summed E-state index contributed by atoms with van der Waals surface area (Å²) in [4.78, 5) is 20.4. The number of hydrogen-bond acceptors (Lipinski definition) is 5. The highest BCUT2D eigenvalue weighted by molar-refractivity contribution is 7.23. The van der Waals surface area contributed by atoms with E-state index in [9.17, 15) is 13.6 Å². The molecule has 0 radical (unpaired) electrons. The van der Waals surface area contributed by atoms with Crippen molar-refractivity contribution < 1.29 is 18.3 Å². The molecule has 194 valence electrons. The Hall–Kier alpha value is -2.88. The summed E-state index contributed by atoms with van der Waals surface area (Å²) < 4.78 is 36.8. The minimum Gasteiger partial charge on any atom is -0.374 e. The summed E-state index contributed by atoms with van der Waals surface area (Å²) in [6.45, 7) is 3.76. The zero-order chi connectivity index (χ0) is 25.4. The number of amides is 1. The van der Waals surface area contributed by atoms with Gasteiger partial charge in [-0.2, -0.15) is 0 Å². The molecule has 2 aromatic heterocycles. The highest BCUT2D eigenvalue weighted by Gasteiger charge is 2.21. The summed E-state index contributed by atoms with van der Waals surface area (Å²) in [6.07, 6.45) is 5.14. The number of rotatable bonds is 7. The molecule has 9 heteroatoms. The van der Waals surface area contributed by atoms with E-state index in [2.05, 4.69) is 15.2 Å². The molecule has 2 aliphatic heterocycles. The van der Waals surface area contributed by atoms with Gasteiger partial charge in [-0.1, -0.05) is 17.4 Å². The van der Waals surface area contributed by atoms with Gasteiger partial charge in [0.05, 0.1) is 22.0 Å². The fourth-order valence-corrected chi connectivity index (χ4v) is 6.33. The second-order valence-electron chi connectivity index (χ2n) is 9.93. The summed E-state index contributed by atoms with van der Waals surface area (Å²) in [7, 11) is 0. The summed E-state index contributed by atoms with van der Waals surface area (Å²) in [5, 5.41) is 2.99. The van der Waals surface area contributed by atoms with Crippen molar-refractivity contribution in [1.82, 2.24) is 19.6 Å². The van der Waals surface area contributed by atoms with Crippen molar-refractivity contribution in [3.05, 3.63) is 59.5 Å². The molecule has 0 spiro atoms. The van der Waals surface area contributed by atoms with Gasteiger partial charge in [0.2, 0.25) is 0 Å². The SMILES string of the molecule is O=C(NCCCN1CCC(F)CC1)c1ccc2c(c1)sc1nc(-c3ccc(C4CCCO4)cc3F)cn12. The number of benzene rings is 2. The summed E-state index contributed by atoms with van der Waals surface area (Å²) >= 11 is 1.48. The predicted molar refractivity (Wildman–Crippen MR) is 141 cm³/mol. The number of nitrogens with one attached hydrogen (secondary N) is 1. The third-order valence-electron chi connectivity index (χ3n) is 7.38. The van der Waals surface area contributed by atoms with Crippen molar-refractivity contribution in [2.45, 2.75) is 44.4 Å². The Labute approximate surface area is 218 Å². The summed E-state index contributed by atoms with van der Waals surface area (Å²) in [6, 6.07) is 10.9. The highest BCUT2D eigenvalue weighted by Crippen LogP contribution is 2.34. The number of piperidine rings is 1. The van der Waals surface area contributed by atoms with Crippen molar-refractivity contribution in [3.8, 4) is 11.3 Å². The number of carbonyl (C=O) groups is 1. The zero-order valence-corrected chi connectivity index (χ0v) is 21.4. The number of likely N-dealkylation sites (tertiary alicyclic amines) is 1. The third kappa shape index (κ3) is 5.12. The van der Waals surface area contributed by atoms with Crippen LogP contribution in [0.2, 0.25) is 0 Å². The molecule has 4 heterocycles. The molecule has 1 unspecified atom stereocenters. The lowest BCUT2D eigenvalue weighted by molar-refractivity contribution is 0.0950. The average molecular weight is 525 g/mol. The molecule has 6 nitrogen and oxygen atoms in total. The van der Waals surface area contributed by atoms with Crippen LogP contribution in [-0.2, 0) is 4.74 Å². The van der Waals surface area contributed by atoms with Crippen molar-refractivity contribution in [3.63, 3.8) is 0 Å². The van der Waals surface area contributed by atoms with Gasteiger partial charge in [-0.15, -0.1) is 0 Å². The maximum Gasteiger partial charge on any atom is 0.251 e. The summed E-state index contributed by atoms with van der Waals surface area (Å²) in [5.41, 5.74) is 3.46. The van der Waals surface area contributed by atoms with Crippen LogP contribution in [0.15, 0.2) is 42.6 Å². The monoisotopic (exact) mass is 524 g/mol. The molecule has 2 aromatic carbocycles. The highest BCUT2D eigenvalue weighted by atomic mass is 32.1. The van der Waals surface area contributed by atoms with Gasteiger partial charge >= 0.3 is 0 Å². The molecule has 6 rings (SSSR count). The Balaban J connectivity index is 1.12. The fourth-order valence-electron chi connectivity index (χ4n) is 5.28. The minimum absolute atomic E-state index is 0.0235. The Bertz CT molecular complexity index is 1420. The molecule has 2 saturated heterocycles. The molecule has 1 atom stereocenters. The van der Waals surface area contributed by atoms with E-state index >= 15 is 0 Å². The van der Waals surface area contributed by atoms with E-state index in [0.717, 1.165) is 66.2 Å². The molecule has 37 heavy (non-hydrogen) atoms. The molecule has 1 amide bonds. The number of halogens is 2. The van der Waals surface area contributed by atoms with Gasteiger partial charge in [-0.25, -0.2) is 13.8 Å². The number of fused-ring (bicyclic) bond motifs is 3. The Morgan fingerprint density at radius 1 is 1.16 bits per heavy atom. The molecule has 2 aliphatic rings. The second kappa shape index (κ2) is 10.5. The minimum atomic E-state index is -0.665. The van der Waals surface area contributed by atoms with Crippen LogP contribution in [0.1, 0.15) is 54.1 Å². The number of thiazole rings is 1. The van der Waals surface area contributed by atoms with E-state index in [1.807, 2.05) is 34.9 Å². The Morgan fingerprint density at radius 2 is 2.03 bits per heavy atom. The van der Waals surface area contributed by atoms with Crippen molar-refractivity contribution >= 4 is 32.4 Å². The molecule has 2 fully saturated rings. The first-order chi connectivity index (χ1) is 18.0. The molecular formula is C28H30F2N4O2S. The van der Waals surface area contributed by atoms with Crippen molar-refractivity contribution in [1.29, 1.82) is 0 Å². The average Bonchev–Trinajstić information content (AvgIpc) is 3.64. The number of alkyl halides is 1. The van der Waals surface area contributed by atoms with Crippen LogP contribution in [0.25, 0.3) is 26.4 Å². The number of ether oxygens (including phenoxy) is 1. The molecule has 0 bridgehead atoms. The molecule has 0 saturated carbocycles. The van der Waals surface area contributed by atoms with Gasteiger partial charge in [0.1, 0.15) is 12.0 Å². The van der Waals surface area contributed by atoms with Crippen LogP contribution in [0.4, 0.5) is 8.78 Å². The zero-order valence-electron chi connectivity index (χ0n) is 20.6. The van der Waals surface area contributed by atoms with E-state index in [0.29, 0.717) is 36.2 Å². The van der Waals surface area contributed by atoms with Crippen molar-refractivity contribution in [2.24, 2.45) is 0 Å². The van der Waals surface area contributed by atoms with Gasteiger partial charge < -0.3 is 15.0 Å². The predicted octanol–water partition coefficient (Wildman–Crippen LogP) is 5.76. The van der Waals surface area contributed by atoms with Gasteiger partial charge in [-0.05, 0) is 74.5 Å². The molecular weight excluding hydrogens is 494 g/mol. The Kier molecular flexibility index (Phi) is 6.92. The van der Waals surface area contributed by atoms with Crippen LogP contribution in [-0.4, -0.2) is 59.1 Å². The summed E-state index contributed by atoms with van der Waals surface area (Å²) in [5.74, 6) is -0.404. The Morgan fingerprint density at radius 3 is 2.81 bits per heavy atom. The largest absolute Gasteiger partial charge is 0.374 e. The second-order valence-corrected chi connectivity index (χ2v) is 10.9. The van der Waals surface area contributed by atoms with Crippen LogP contribution in [0.3, 0.4) is 0 Å². The lowest BCUT2D eigenvalue weighted by atomic mass is 10.0. The number of nitrogens with zero attached hydrogens (tertiary/aromatic N) is 3. The first-order valence-electron chi connectivity index (χ1n) is 13.0. The molecule has 1 N–H and O–H groups in total. The van der Waals surface area contributed by atoms with Gasteiger partial charge in [0, 0.05) is 43.6 Å². The fraction of sp³-hybridized carbons (Fsp3) is 0.429. The van der Waals surface area contributed by atoms with E-state index in [1.54, 1.807) is 12.1 Å². The molecule has 4 aromatic rings. The quantitative estimate of drug-likeness (QED) is 0.312. The normalized spacial score (nSPS) is 19.2. The number of carbonyl (C=O) groups excluding carboxylic acids is 1. The first-order valence-corrected chi connectivity index (χ1v) is 13.8. The lowest BCUT2D eigenvalue weighted by Gasteiger charge is -2.28. The van der Waals surface area contributed by atoms with E-state index in [4.69, 9.17) is 4.74 Å². The van der Waals surface area contributed by atoms with Crippen molar-refractivity contribution in [2.75, 3.05) is 32.8 Å². The van der Waals surface area contributed by atoms with Crippen LogP contribution in [0.5, 0.6) is 0 Å². The van der Waals surface area contributed by atoms with Crippen LogP contribution >= 0.6 is 11.3 Å². The van der Waals surface area contributed by atoms with Crippen LogP contribution in [0, 0.1) is 5.82 Å². The smallest absolute Gasteiger partial charge is 0.251 e. The van der Waals surface area contributed by atoms with E-state index < -0.39 is 6.17 Å². The third-order valence-corrected chi connectivity index (χ3v) is 8.40. The van der Waals surface area contributed by atoms with Gasteiger partial charge in [0.25, 0.3) is 5.91 Å². The topological polar surface area (TPSA) is 58.9 Å². The van der Waals surface area contributed by atoms with Gasteiger partial charge in [-0.3, -0.25) is 9.20 Å². The van der Waals surface area contributed by atoms with E-state index in [-0.39, 0.29) is 17.8 Å². The maximum absolute atomic E-state index is 15.0. The van der Waals surface area contributed by atoms with Crippen LogP contribution < -0.4 is 5.32 Å².